The summed E-state index contributed by atoms with van der Waals surface area (Å²) in [6.07, 6.45) is 1.95. The van der Waals surface area contributed by atoms with Crippen molar-refractivity contribution in [2.45, 2.75) is 52.9 Å². The molecule has 0 spiro atoms. The Morgan fingerprint density at radius 1 is 1.38 bits per heavy atom. The molecule has 2 aromatic rings. The van der Waals surface area contributed by atoms with E-state index < -0.39 is 5.60 Å². The van der Waals surface area contributed by atoms with Crippen molar-refractivity contribution in [3.05, 3.63) is 44.7 Å². The number of carbonyl (C=O) groups excluding carboxylic acids is 1. The van der Waals surface area contributed by atoms with E-state index in [4.69, 9.17) is 13.9 Å². The van der Waals surface area contributed by atoms with Crippen LogP contribution >= 0.6 is 22.6 Å². The largest absolute Gasteiger partial charge is 0.484 e. The Bertz CT molecular complexity index is 810. The van der Waals surface area contributed by atoms with Crippen molar-refractivity contribution >= 4 is 28.7 Å². The van der Waals surface area contributed by atoms with Gasteiger partial charge >= 0.3 is 6.09 Å². The molecule has 0 N–H and O–H groups in total. The van der Waals surface area contributed by atoms with Gasteiger partial charge in [0.2, 0.25) is 0 Å². The van der Waals surface area contributed by atoms with Gasteiger partial charge in [-0.3, -0.25) is 0 Å². The van der Waals surface area contributed by atoms with Crippen LogP contribution in [0.3, 0.4) is 0 Å². The molecule has 6 nitrogen and oxygen atoms in total. The zero-order valence-corrected chi connectivity index (χ0v) is 17.6. The molecule has 140 valence electrons. The minimum absolute atomic E-state index is 0.265. The number of ether oxygens (including phenoxy) is 2. The topological polar surface area (TPSA) is 64.8 Å². The van der Waals surface area contributed by atoms with E-state index in [1.54, 1.807) is 4.90 Å². The van der Waals surface area contributed by atoms with Gasteiger partial charge in [-0.1, -0.05) is 6.07 Å². The molecule has 0 bridgehead atoms. The molecule has 7 heteroatoms. The molecular weight excluding hydrogens is 447 g/mol. The molecule has 26 heavy (non-hydrogen) atoms. The maximum atomic E-state index is 12.3. The van der Waals surface area contributed by atoms with Gasteiger partial charge in [0, 0.05) is 13.1 Å². The predicted molar refractivity (Wildman–Crippen MR) is 105 cm³/mol. The third-order valence-electron chi connectivity index (χ3n) is 4.15. The van der Waals surface area contributed by atoms with E-state index in [1.807, 2.05) is 39.8 Å². The number of aryl methyl sites for hydroxylation is 1. The number of amides is 1. The number of carbonyl (C=O) groups is 1. The summed E-state index contributed by atoms with van der Waals surface area (Å²) in [6, 6.07) is 3.97. The molecule has 0 unspecified atom stereocenters. The SMILES string of the molecule is Cc1ncoc1COc1ccc2c(c1I)CCN(C(=O)OC(C)(C)C)C2. The minimum atomic E-state index is -0.484. The first-order valence-electron chi connectivity index (χ1n) is 8.54. The van der Waals surface area contributed by atoms with E-state index in [1.165, 1.54) is 12.0 Å². The van der Waals surface area contributed by atoms with Crippen LogP contribution in [0.4, 0.5) is 4.79 Å². The molecule has 1 aromatic carbocycles. The summed E-state index contributed by atoms with van der Waals surface area (Å²) in [5.74, 6) is 1.56. The van der Waals surface area contributed by atoms with Crippen LogP contribution in [-0.4, -0.2) is 28.1 Å². The number of nitrogens with zero attached hydrogens (tertiary/aromatic N) is 2. The van der Waals surface area contributed by atoms with Crippen LogP contribution < -0.4 is 4.74 Å². The van der Waals surface area contributed by atoms with Gasteiger partial charge in [0.15, 0.2) is 12.2 Å². The quantitative estimate of drug-likeness (QED) is 0.620. The molecular formula is C19H23IN2O4. The van der Waals surface area contributed by atoms with Gasteiger partial charge in [0.05, 0.1) is 9.26 Å². The number of aromatic nitrogens is 1. The van der Waals surface area contributed by atoms with Crippen LogP contribution in [0, 0.1) is 10.5 Å². The van der Waals surface area contributed by atoms with Gasteiger partial charge in [0.1, 0.15) is 18.0 Å². The summed E-state index contributed by atoms with van der Waals surface area (Å²) in [7, 11) is 0. The van der Waals surface area contributed by atoms with E-state index in [2.05, 4.69) is 27.6 Å². The van der Waals surface area contributed by atoms with E-state index in [0.29, 0.717) is 19.7 Å². The van der Waals surface area contributed by atoms with Crippen molar-refractivity contribution in [3.8, 4) is 5.75 Å². The van der Waals surface area contributed by atoms with Crippen LogP contribution in [0.2, 0.25) is 0 Å². The highest BCUT2D eigenvalue weighted by atomic mass is 127. The van der Waals surface area contributed by atoms with Crippen molar-refractivity contribution in [3.63, 3.8) is 0 Å². The summed E-state index contributed by atoms with van der Waals surface area (Å²) < 4.78 is 17.8. The molecule has 0 aliphatic carbocycles. The average molecular weight is 470 g/mol. The molecule has 1 amide bonds. The number of oxazole rings is 1. The van der Waals surface area contributed by atoms with Crippen molar-refractivity contribution in [1.29, 1.82) is 0 Å². The van der Waals surface area contributed by atoms with Crippen LogP contribution in [0.25, 0.3) is 0 Å². The summed E-state index contributed by atoms with van der Waals surface area (Å²) in [5.41, 5.74) is 2.72. The van der Waals surface area contributed by atoms with Crippen molar-refractivity contribution in [1.82, 2.24) is 9.88 Å². The van der Waals surface area contributed by atoms with Gasteiger partial charge in [-0.15, -0.1) is 0 Å². The third kappa shape index (κ3) is 4.31. The average Bonchev–Trinajstić information content (AvgIpc) is 2.97. The van der Waals surface area contributed by atoms with Crippen LogP contribution in [-0.2, 0) is 24.3 Å². The zero-order chi connectivity index (χ0) is 18.9. The Kier molecular flexibility index (Phi) is 5.45. The number of hydrogen-bond acceptors (Lipinski definition) is 5. The normalized spacial score (nSPS) is 14.1. The molecule has 0 saturated carbocycles. The number of hydrogen-bond donors (Lipinski definition) is 0. The Morgan fingerprint density at radius 3 is 2.81 bits per heavy atom. The van der Waals surface area contributed by atoms with E-state index >= 15 is 0 Å². The Balaban J connectivity index is 1.70. The molecule has 1 aliphatic rings. The fraction of sp³-hybridized carbons (Fsp3) is 0.474. The van der Waals surface area contributed by atoms with Crippen molar-refractivity contribution in [2.24, 2.45) is 0 Å². The van der Waals surface area contributed by atoms with E-state index in [0.717, 1.165) is 32.8 Å². The zero-order valence-electron chi connectivity index (χ0n) is 15.5. The molecule has 1 aromatic heterocycles. The lowest BCUT2D eigenvalue weighted by Gasteiger charge is -2.32. The second-order valence-corrected chi connectivity index (χ2v) is 8.40. The highest BCUT2D eigenvalue weighted by Gasteiger charge is 2.27. The minimum Gasteiger partial charge on any atom is -0.484 e. The molecule has 0 fully saturated rings. The second-order valence-electron chi connectivity index (χ2n) is 7.32. The molecule has 0 saturated heterocycles. The molecule has 0 atom stereocenters. The summed E-state index contributed by atoms with van der Waals surface area (Å²) in [4.78, 5) is 18.1. The van der Waals surface area contributed by atoms with Gasteiger partial charge in [-0.05, 0) is 73.9 Å². The Morgan fingerprint density at radius 2 is 2.15 bits per heavy atom. The molecule has 1 aliphatic heterocycles. The van der Waals surface area contributed by atoms with Gasteiger partial charge in [-0.25, -0.2) is 9.78 Å². The third-order valence-corrected chi connectivity index (χ3v) is 5.34. The predicted octanol–water partition coefficient (Wildman–Crippen LogP) is 4.46. The fourth-order valence-electron chi connectivity index (χ4n) is 2.79. The maximum Gasteiger partial charge on any atom is 0.410 e. The second kappa shape index (κ2) is 7.46. The lowest BCUT2D eigenvalue weighted by atomic mass is 10.00. The smallest absolute Gasteiger partial charge is 0.410 e. The number of halogens is 1. The summed E-state index contributed by atoms with van der Waals surface area (Å²) in [5, 5.41) is 0. The summed E-state index contributed by atoms with van der Waals surface area (Å²) >= 11 is 2.31. The van der Waals surface area contributed by atoms with Gasteiger partial charge in [0.25, 0.3) is 0 Å². The van der Waals surface area contributed by atoms with Crippen molar-refractivity contribution in [2.75, 3.05) is 6.54 Å². The molecule has 2 heterocycles. The van der Waals surface area contributed by atoms with Crippen molar-refractivity contribution < 1.29 is 18.7 Å². The molecule has 0 radical (unpaired) electrons. The van der Waals surface area contributed by atoms with Gasteiger partial charge < -0.3 is 18.8 Å². The van der Waals surface area contributed by atoms with E-state index in [9.17, 15) is 4.79 Å². The highest BCUT2D eigenvalue weighted by Crippen LogP contribution is 2.32. The number of benzene rings is 1. The Hall–Kier alpha value is -1.77. The van der Waals surface area contributed by atoms with Crippen LogP contribution in [0.1, 0.15) is 43.4 Å². The van der Waals surface area contributed by atoms with Crippen LogP contribution in [0.5, 0.6) is 5.75 Å². The maximum absolute atomic E-state index is 12.3. The monoisotopic (exact) mass is 470 g/mol. The summed E-state index contributed by atoms with van der Waals surface area (Å²) in [6.45, 7) is 9.09. The van der Waals surface area contributed by atoms with Crippen LogP contribution in [0.15, 0.2) is 22.9 Å². The first kappa shape index (κ1) is 19.0. The first-order chi connectivity index (χ1) is 12.2. The van der Waals surface area contributed by atoms with E-state index in [-0.39, 0.29) is 6.09 Å². The Labute approximate surface area is 167 Å². The lowest BCUT2D eigenvalue weighted by Crippen LogP contribution is -2.40. The van der Waals surface area contributed by atoms with Gasteiger partial charge in [-0.2, -0.15) is 0 Å². The fourth-order valence-corrected chi connectivity index (χ4v) is 3.74. The molecule has 3 rings (SSSR count). The number of rotatable bonds is 3. The number of fused-ring (bicyclic) bond motifs is 1. The first-order valence-corrected chi connectivity index (χ1v) is 9.62. The standard InChI is InChI=1S/C19H23IN2O4/c1-12-16(25-11-21-12)10-24-15-6-5-13-9-22(8-7-14(13)17(15)20)18(23)26-19(2,3)4/h5-6,11H,7-10H2,1-4H3. The highest BCUT2D eigenvalue weighted by molar-refractivity contribution is 14.1. The lowest BCUT2D eigenvalue weighted by molar-refractivity contribution is 0.0223.